The third-order valence-electron chi connectivity index (χ3n) is 4.59. The van der Waals surface area contributed by atoms with Crippen LogP contribution < -0.4 is 11.0 Å². The Morgan fingerprint density at radius 3 is 2.74 bits per heavy atom. The van der Waals surface area contributed by atoms with Gasteiger partial charge in [-0.3, -0.25) is 14.2 Å². The van der Waals surface area contributed by atoms with Crippen molar-refractivity contribution in [3.05, 3.63) is 85.7 Å². The third kappa shape index (κ3) is 4.69. The fourth-order valence-electron chi connectivity index (χ4n) is 3.00. The number of aryl methyl sites for hydroxylation is 1. The highest BCUT2D eigenvalue weighted by Gasteiger charge is 2.14. The first-order valence-electron chi connectivity index (χ1n) is 9.23. The second-order valence-electron chi connectivity index (χ2n) is 6.83. The molecule has 0 saturated heterocycles. The van der Waals surface area contributed by atoms with E-state index in [1.54, 1.807) is 18.2 Å². The number of carbonyl (C=O) groups is 1. The van der Waals surface area contributed by atoms with Crippen molar-refractivity contribution in [1.29, 1.82) is 0 Å². The summed E-state index contributed by atoms with van der Waals surface area (Å²) in [7, 11) is 0. The Balaban J connectivity index is 1.54. The van der Waals surface area contributed by atoms with Gasteiger partial charge in [-0.1, -0.05) is 59.1 Å². The Hall–Kier alpha value is -3.00. The largest absolute Gasteiger partial charge is 0.289 e. The molecular formula is C22H16Cl2N4O2S. The van der Waals surface area contributed by atoms with Crippen molar-refractivity contribution in [2.45, 2.75) is 13.5 Å². The van der Waals surface area contributed by atoms with Crippen LogP contribution in [0.15, 0.2) is 64.1 Å². The molecule has 9 heteroatoms. The number of halogens is 2. The number of hydrogen-bond donors (Lipinski definition) is 1. The van der Waals surface area contributed by atoms with E-state index >= 15 is 0 Å². The lowest BCUT2D eigenvalue weighted by molar-refractivity contribution is -0.121. The number of benzene rings is 2. The number of hydrazone groups is 1. The van der Waals surface area contributed by atoms with Gasteiger partial charge in [-0.2, -0.15) is 5.10 Å². The molecule has 1 amide bonds. The smallest absolute Gasteiger partial charge is 0.263 e. The molecule has 1 N–H and O–H groups in total. The highest BCUT2D eigenvalue weighted by molar-refractivity contribution is 7.17. The van der Waals surface area contributed by atoms with Gasteiger partial charge >= 0.3 is 0 Å². The number of fused-ring (bicyclic) bond motifs is 1. The van der Waals surface area contributed by atoms with E-state index < -0.39 is 5.91 Å². The lowest BCUT2D eigenvalue weighted by Gasteiger charge is -2.06. The van der Waals surface area contributed by atoms with Crippen molar-refractivity contribution in [1.82, 2.24) is 15.0 Å². The van der Waals surface area contributed by atoms with E-state index in [4.69, 9.17) is 23.2 Å². The Morgan fingerprint density at radius 1 is 1.23 bits per heavy atom. The Morgan fingerprint density at radius 2 is 2.00 bits per heavy atom. The first-order valence-corrected chi connectivity index (χ1v) is 10.9. The number of aromatic nitrogens is 2. The summed E-state index contributed by atoms with van der Waals surface area (Å²) in [5.74, 6) is -0.461. The third-order valence-corrected chi connectivity index (χ3v) is 6.04. The molecule has 4 rings (SSSR count). The van der Waals surface area contributed by atoms with Gasteiger partial charge in [0.2, 0.25) is 0 Å². The van der Waals surface area contributed by atoms with Gasteiger partial charge in [0.05, 0.1) is 23.0 Å². The van der Waals surface area contributed by atoms with Crippen LogP contribution in [0.3, 0.4) is 0 Å². The summed E-state index contributed by atoms with van der Waals surface area (Å²) in [6, 6.07) is 12.9. The normalized spacial score (nSPS) is 11.3. The van der Waals surface area contributed by atoms with E-state index in [1.807, 2.05) is 36.6 Å². The van der Waals surface area contributed by atoms with Gasteiger partial charge in [0.15, 0.2) is 0 Å². The zero-order valence-electron chi connectivity index (χ0n) is 16.3. The van der Waals surface area contributed by atoms with Crippen LogP contribution in [0.4, 0.5) is 0 Å². The second-order valence-corrected chi connectivity index (χ2v) is 8.53. The van der Waals surface area contributed by atoms with Gasteiger partial charge < -0.3 is 0 Å². The SMILES string of the molecule is Cc1ccc(-c2csc3ncn(CC(=O)N/N=C/c4ccc(Cl)cc4Cl)c(=O)c23)cc1. The first-order chi connectivity index (χ1) is 14.9. The predicted molar refractivity (Wildman–Crippen MR) is 126 cm³/mol. The quantitative estimate of drug-likeness (QED) is 0.333. The number of thiophene rings is 1. The molecule has 0 saturated carbocycles. The molecule has 2 aromatic carbocycles. The molecule has 0 spiro atoms. The highest BCUT2D eigenvalue weighted by atomic mass is 35.5. The lowest BCUT2D eigenvalue weighted by atomic mass is 10.1. The number of nitrogens with zero attached hydrogens (tertiary/aromatic N) is 3. The Bertz CT molecular complexity index is 1360. The van der Waals surface area contributed by atoms with Crippen LogP contribution in [0.5, 0.6) is 0 Å². The van der Waals surface area contributed by atoms with Crippen LogP contribution in [0, 0.1) is 6.92 Å². The van der Waals surface area contributed by atoms with Gasteiger partial charge in [-0.05, 0) is 24.6 Å². The van der Waals surface area contributed by atoms with Crippen LogP contribution in [-0.2, 0) is 11.3 Å². The number of hydrogen-bond acceptors (Lipinski definition) is 5. The van der Waals surface area contributed by atoms with Crippen molar-refractivity contribution in [3.63, 3.8) is 0 Å². The van der Waals surface area contributed by atoms with E-state index in [0.29, 0.717) is 25.8 Å². The summed E-state index contributed by atoms with van der Waals surface area (Å²) in [6.07, 6.45) is 2.79. The van der Waals surface area contributed by atoms with E-state index in [0.717, 1.165) is 16.7 Å². The fourth-order valence-corrected chi connectivity index (χ4v) is 4.36. The molecule has 0 aliphatic rings. The van der Waals surface area contributed by atoms with Crippen LogP contribution in [0.1, 0.15) is 11.1 Å². The topological polar surface area (TPSA) is 76.3 Å². The summed E-state index contributed by atoms with van der Waals surface area (Å²) >= 11 is 13.3. The van der Waals surface area contributed by atoms with Gasteiger partial charge in [-0.15, -0.1) is 11.3 Å². The van der Waals surface area contributed by atoms with Crippen LogP contribution in [0.25, 0.3) is 21.3 Å². The van der Waals surface area contributed by atoms with Gasteiger partial charge in [-0.25, -0.2) is 10.4 Å². The summed E-state index contributed by atoms with van der Waals surface area (Å²) in [5.41, 5.74) is 5.60. The van der Waals surface area contributed by atoms with Crippen LogP contribution in [0.2, 0.25) is 10.0 Å². The number of carbonyl (C=O) groups excluding carboxylic acids is 1. The Labute approximate surface area is 191 Å². The zero-order valence-corrected chi connectivity index (χ0v) is 18.6. The molecule has 0 bridgehead atoms. The summed E-state index contributed by atoms with van der Waals surface area (Å²) in [6.45, 7) is 1.79. The molecule has 31 heavy (non-hydrogen) atoms. The van der Waals surface area contributed by atoms with Crippen molar-refractivity contribution in [2.24, 2.45) is 5.10 Å². The molecule has 156 valence electrons. The average molecular weight is 471 g/mol. The molecule has 2 aromatic heterocycles. The maximum atomic E-state index is 13.0. The van der Waals surface area contributed by atoms with Crippen molar-refractivity contribution >= 4 is 56.9 Å². The Kier molecular flexibility index (Phi) is 6.18. The van der Waals surface area contributed by atoms with Gasteiger partial charge in [0, 0.05) is 21.5 Å². The second kappa shape index (κ2) is 9.01. The first kappa shape index (κ1) is 21.2. The minimum Gasteiger partial charge on any atom is -0.289 e. The van der Waals surface area contributed by atoms with E-state index in [2.05, 4.69) is 15.5 Å². The molecule has 0 fully saturated rings. The van der Waals surface area contributed by atoms with E-state index in [-0.39, 0.29) is 12.1 Å². The molecular weight excluding hydrogens is 455 g/mol. The predicted octanol–water partition coefficient (Wildman–Crippen LogP) is 4.89. The standard InChI is InChI=1S/C22H16Cl2N4O2S/c1-13-2-4-14(5-3-13)17-11-31-21-20(17)22(30)28(12-25-21)10-19(29)27-26-9-15-6-7-16(23)8-18(15)24/h2-9,11-12H,10H2,1H3,(H,27,29)/b26-9+. The molecule has 0 unspecified atom stereocenters. The van der Waals surface area contributed by atoms with Gasteiger partial charge in [0.25, 0.3) is 11.5 Å². The van der Waals surface area contributed by atoms with Crippen molar-refractivity contribution in [3.8, 4) is 11.1 Å². The molecule has 6 nitrogen and oxygen atoms in total. The molecule has 4 aromatic rings. The maximum Gasteiger partial charge on any atom is 0.263 e. The van der Waals surface area contributed by atoms with Crippen molar-refractivity contribution < 1.29 is 4.79 Å². The average Bonchev–Trinajstić information content (AvgIpc) is 3.17. The minimum absolute atomic E-state index is 0.212. The minimum atomic E-state index is -0.461. The molecule has 0 radical (unpaired) electrons. The van der Waals surface area contributed by atoms with Crippen molar-refractivity contribution in [2.75, 3.05) is 0 Å². The number of amides is 1. The van der Waals surface area contributed by atoms with E-state index in [1.165, 1.54) is 28.4 Å². The van der Waals surface area contributed by atoms with Crippen LogP contribution in [-0.4, -0.2) is 21.7 Å². The van der Waals surface area contributed by atoms with E-state index in [9.17, 15) is 9.59 Å². The summed E-state index contributed by atoms with van der Waals surface area (Å²) < 4.78 is 1.27. The monoisotopic (exact) mass is 470 g/mol. The van der Waals surface area contributed by atoms with Crippen LogP contribution >= 0.6 is 34.5 Å². The van der Waals surface area contributed by atoms with Gasteiger partial charge in [0.1, 0.15) is 11.4 Å². The molecule has 2 heterocycles. The molecule has 0 atom stereocenters. The number of rotatable bonds is 5. The molecule has 0 aliphatic carbocycles. The molecule has 0 aliphatic heterocycles. The fraction of sp³-hybridized carbons (Fsp3) is 0.0909. The maximum absolute atomic E-state index is 13.0. The lowest BCUT2D eigenvalue weighted by Crippen LogP contribution is -2.30. The highest BCUT2D eigenvalue weighted by Crippen LogP contribution is 2.30. The zero-order chi connectivity index (χ0) is 22.0. The summed E-state index contributed by atoms with van der Waals surface area (Å²) in [4.78, 5) is 30.3. The summed E-state index contributed by atoms with van der Waals surface area (Å²) in [5, 5.41) is 7.23. The number of nitrogens with one attached hydrogen (secondary N) is 1.